The zero-order chi connectivity index (χ0) is 13.3. The molecule has 0 bridgehead atoms. The topological polar surface area (TPSA) is 49.3 Å². The quantitative estimate of drug-likeness (QED) is 0.845. The van der Waals surface area contributed by atoms with E-state index in [4.69, 9.17) is 0 Å². The van der Waals surface area contributed by atoms with Gasteiger partial charge in [0.2, 0.25) is 0 Å². The zero-order valence-corrected chi connectivity index (χ0v) is 11.2. The van der Waals surface area contributed by atoms with E-state index in [2.05, 4.69) is 26.1 Å². The molecule has 0 saturated carbocycles. The van der Waals surface area contributed by atoms with Crippen LogP contribution in [0.1, 0.15) is 40.2 Å². The van der Waals surface area contributed by atoms with Crippen LogP contribution in [0.5, 0.6) is 0 Å². The summed E-state index contributed by atoms with van der Waals surface area (Å²) in [6.45, 7) is 9.60. The van der Waals surface area contributed by atoms with Crippen LogP contribution in [-0.2, 0) is 10.2 Å². The number of anilines is 1. The second kappa shape index (κ2) is 4.40. The van der Waals surface area contributed by atoms with Crippen molar-refractivity contribution in [2.75, 3.05) is 5.32 Å². The number of carboxylic acid groups (broad SMARTS) is 1. The van der Waals surface area contributed by atoms with Crippen LogP contribution < -0.4 is 5.32 Å². The standard InChI is InChI=1S/C14H21NO2/c1-13(2,3)15-11-9-7-6-8-10(11)14(4,5)12(16)17/h6-9,15H,1-5H3,(H,16,17). The Morgan fingerprint density at radius 2 is 1.65 bits per heavy atom. The summed E-state index contributed by atoms with van der Waals surface area (Å²) in [5, 5.41) is 12.6. The maximum atomic E-state index is 11.3. The molecule has 0 amide bonds. The molecular formula is C14H21NO2. The molecule has 17 heavy (non-hydrogen) atoms. The highest BCUT2D eigenvalue weighted by Gasteiger charge is 2.32. The van der Waals surface area contributed by atoms with Gasteiger partial charge < -0.3 is 10.4 Å². The van der Waals surface area contributed by atoms with Crippen molar-refractivity contribution in [3.63, 3.8) is 0 Å². The Morgan fingerprint density at radius 3 is 2.12 bits per heavy atom. The van der Waals surface area contributed by atoms with E-state index in [9.17, 15) is 9.90 Å². The van der Waals surface area contributed by atoms with Crippen molar-refractivity contribution in [2.24, 2.45) is 0 Å². The average Bonchev–Trinajstić information content (AvgIpc) is 2.15. The third-order valence-electron chi connectivity index (χ3n) is 2.64. The minimum Gasteiger partial charge on any atom is -0.481 e. The van der Waals surface area contributed by atoms with Gasteiger partial charge in [-0.25, -0.2) is 0 Å². The van der Waals surface area contributed by atoms with Crippen molar-refractivity contribution in [1.29, 1.82) is 0 Å². The molecule has 0 aliphatic carbocycles. The molecule has 1 aromatic carbocycles. The van der Waals surface area contributed by atoms with E-state index in [1.54, 1.807) is 13.8 Å². The molecule has 1 rings (SSSR count). The number of benzene rings is 1. The fraction of sp³-hybridized carbons (Fsp3) is 0.500. The summed E-state index contributed by atoms with van der Waals surface area (Å²) >= 11 is 0. The molecule has 0 saturated heterocycles. The number of hydrogen-bond donors (Lipinski definition) is 2. The van der Waals surface area contributed by atoms with Crippen LogP contribution in [0, 0.1) is 0 Å². The Hall–Kier alpha value is -1.51. The van der Waals surface area contributed by atoms with E-state index in [-0.39, 0.29) is 5.54 Å². The van der Waals surface area contributed by atoms with Crippen LogP contribution in [0.25, 0.3) is 0 Å². The summed E-state index contributed by atoms with van der Waals surface area (Å²) in [4.78, 5) is 11.3. The molecule has 0 spiro atoms. The highest BCUT2D eigenvalue weighted by atomic mass is 16.4. The van der Waals surface area contributed by atoms with E-state index in [0.717, 1.165) is 11.3 Å². The van der Waals surface area contributed by atoms with E-state index in [0.29, 0.717) is 0 Å². The van der Waals surface area contributed by atoms with Gasteiger partial charge in [-0.3, -0.25) is 4.79 Å². The summed E-state index contributed by atoms with van der Waals surface area (Å²) in [7, 11) is 0. The normalized spacial score (nSPS) is 12.3. The number of hydrogen-bond acceptors (Lipinski definition) is 2. The first-order valence-corrected chi connectivity index (χ1v) is 5.76. The molecule has 0 aliphatic rings. The lowest BCUT2D eigenvalue weighted by Gasteiger charge is -2.28. The van der Waals surface area contributed by atoms with Crippen LogP contribution in [0.2, 0.25) is 0 Å². The van der Waals surface area contributed by atoms with Crippen LogP contribution in [0.3, 0.4) is 0 Å². The van der Waals surface area contributed by atoms with Gasteiger partial charge in [0.1, 0.15) is 0 Å². The van der Waals surface area contributed by atoms with Gasteiger partial charge in [-0.2, -0.15) is 0 Å². The van der Waals surface area contributed by atoms with Crippen molar-refractivity contribution in [1.82, 2.24) is 0 Å². The average molecular weight is 235 g/mol. The lowest BCUT2D eigenvalue weighted by Crippen LogP contribution is -2.32. The monoisotopic (exact) mass is 235 g/mol. The molecule has 0 aliphatic heterocycles. The molecular weight excluding hydrogens is 214 g/mol. The fourth-order valence-corrected chi connectivity index (χ4v) is 1.66. The Bertz CT molecular complexity index is 416. The first kappa shape index (κ1) is 13.6. The highest BCUT2D eigenvalue weighted by molar-refractivity contribution is 5.83. The second-order valence-corrected chi connectivity index (χ2v) is 5.85. The van der Waals surface area contributed by atoms with Crippen LogP contribution >= 0.6 is 0 Å². The van der Waals surface area contributed by atoms with Gasteiger partial charge in [0.15, 0.2) is 0 Å². The van der Waals surface area contributed by atoms with Gasteiger partial charge in [-0.15, -0.1) is 0 Å². The Morgan fingerprint density at radius 1 is 1.12 bits per heavy atom. The van der Waals surface area contributed by atoms with Gasteiger partial charge in [-0.1, -0.05) is 18.2 Å². The minimum absolute atomic E-state index is 0.0926. The summed E-state index contributed by atoms with van der Waals surface area (Å²) < 4.78 is 0. The Balaban J connectivity index is 3.21. The molecule has 0 unspecified atom stereocenters. The first-order valence-electron chi connectivity index (χ1n) is 5.76. The molecule has 94 valence electrons. The van der Waals surface area contributed by atoms with Crippen LogP contribution in [0.15, 0.2) is 24.3 Å². The summed E-state index contributed by atoms with van der Waals surface area (Å²) in [5.41, 5.74) is 0.703. The third-order valence-corrected chi connectivity index (χ3v) is 2.64. The Labute approximate surface area is 103 Å². The number of aliphatic carboxylic acids is 1. The summed E-state index contributed by atoms with van der Waals surface area (Å²) in [6, 6.07) is 7.57. The van der Waals surface area contributed by atoms with Crippen molar-refractivity contribution < 1.29 is 9.90 Å². The molecule has 0 fully saturated rings. The predicted molar refractivity (Wildman–Crippen MR) is 70.5 cm³/mol. The number of rotatable bonds is 3. The fourth-order valence-electron chi connectivity index (χ4n) is 1.66. The lowest BCUT2D eigenvalue weighted by atomic mass is 9.83. The number of para-hydroxylation sites is 1. The molecule has 1 aromatic rings. The number of carbonyl (C=O) groups is 1. The molecule has 0 radical (unpaired) electrons. The predicted octanol–water partition coefficient (Wildman–Crippen LogP) is 3.26. The lowest BCUT2D eigenvalue weighted by molar-refractivity contribution is -0.142. The molecule has 3 nitrogen and oxygen atoms in total. The smallest absolute Gasteiger partial charge is 0.313 e. The summed E-state index contributed by atoms with van der Waals surface area (Å²) in [6.07, 6.45) is 0. The maximum Gasteiger partial charge on any atom is 0.313 e. The number of carboxylic acids is 1. The summed E-state index contributed by atoms with van der Waals surface area (Å²) in [5.74, 6) is -0.819. The van der Waals surface area contributed by atoms with E-state index < -0.39 is 11.4 Å². The molecule has 2 N–H and O–H groups in total. The molecule has 0 aromatic heterocycles. The van der Waals surface area contributed by atoms with Crippen LogP contribution in [0.4, 0.5) is 5.69 Å². The van der Waals surface area contributed by atoms with Crippen molar-refractivity contribution in [3.8, 4) is 0 Å². The van der Waals surface area contributed by atoms with E-state index in [1.807, 2.05) is 24.3 Å². The molecule has 3 heteroatoms. The highest BCUT2D eigenvalue weighted by Crippen LogP contribution is 2.31. The zero-order valence-electron chi connectivity index (χ0n) is 11.2. The van der Waals surface area contributed by atoms with Gasteiger partial charge in [0.05, 0.1) is 5.41 Å². The first-order chi connectivity index (χ1) is 7.64. The van der Waals surface area contributed by atoms with Crippen molar-refractivity contribution in [2.45, 2.75) is 45.6 Å². The van der Waals surface area contributed by atoms with Crippen molar-refractivity contribution in [3.05, 3.63) is 29.8 Å². The second-order valence-electron chi connectivity index (χ2n) is 5.85. The SMILES string of the molecule is CC(C)(C)Nc1ccccc1C(C)(C)C(=O)O. The van der Waals surface area contributed by atoms with Gasteiger partial charge in [0.25, 0.3) is 0 Å². The van der Waals surface area contributed by atoms with Gasteiger partial charge in [0, 0.05) is 11.2 Å². The molecule has 0 heterocycles. The minimum atomic E-state index is -0.894. The largest absolute Gasteiger partial charge is 0.481 e. The maximum absolute atomic E-state index is 11.3. The van der Waals surface area contributed by atoms with Crippen LogP contribution in [-0.4, -0.2) is 16.6 Å². The number of nitrogens with one attached hydrogen (secondary N) is 1. The molecule has 0 atom stereocenters. The third kappa shape index (κ3) is 3.22. The van der Waals surface area contributed by atoms with E-state index in [1.165, 1.54) is 0 Å². The van der Waals surface area contributed by atoms with Gasteiger partial charge in [-0.05, 0) is 46.2 Å². The van der Waals surface area contributed by atoms with E-state index >= 15 is 0 Å². The Kier molecular flexibility index (Phi) is 3.51. The van der Waals surface area contributed by atoms with Crippen molar-refractivity contribution >= 4 is 11.7 Å². The van der Waals surface area contributed by atoms with Gasteiger partial charge >= 0.3 is 5.97 Å².